The van der Waals surface area contributed by atoms with Crippen molar-refractivity contribution in [3.63, 3.8) is 0 Å². The molecule has 2 heterocycles. The van der Waals surface area contributed by atoms with Gasteiger partial charge in [0, 0.05) is 31.2 Å². The molecule has 0 spiro atoms. The number of piperidine rings is 1. The fourth-order valence-corrected chi connectivity index (χ4v) is 2.61. The highest BCUT2D eigenvalue weighted by atomic mass is 19.1. The maximum atomic E-state index is 13.6. The fraction of sp³-hybridized carbons (Fsp3) is 0.533. The minimum Gasteiger partial charge on any atom is -0.353 e. The average molecular weight is 291 g/mol. The van der Waals surface area contributed by atoms with Crippen LogP contribution in [0.2, 0.25) is 0 Å². The van der Waals surface area contributed by atoms with Crippen LogP contribution in [0.15, 0.2) is 18.5 Å². The number of rotatable bonds is 3. The van der Waals surface area contributed by atoms with Crippen LogP contribution >= 0.6 is 0 Å². The third kappa shape index (κ3) is 3.20. The van der Waals surface area contributed by atoms with Gasteiger partial charge < -0.3 is 10.2 Å². The van der Waals surface area contributed by atoms with Crippen molar-refractivity contribution in [1.29, 1.82) is 0 Å². The van der Waals surface area contributed by atoms with Crippen molar-refractivity contribution in [1.82, 2.24) is 15.2 Å². The zero-order valence-corrected chi connectivity index (χ0v) is 11.7. The Balaban J connectivity index is 1.54. The predicted octanol–water partition coefficient (Wildman–Crippen LogP) is 1.35. The quantitative estimate of drug-likeness (QED) is 0.914. The molecule has 1 aromatic heterocycles. The van der Waals surface area contributed by atoms with E-state index in [2.05, 4.69) is 10.3 Å². The molecule has 1 aliphatic heterocycles. The normalized spacial score (nSPS) is 19.4. The second-order valence-corrected chi connectivity index (χ2v) is 5.70. The van der Waals surface area contributed by atoms with Crippen molar-refractivity contribution in [3.8, 4) is 0 Å². The van der Waals surface area contributed by atoms with E-state index in [-0.39, 0.29) is 29.3 Å². The summed E-state index contributed by atoms with van der Waals surface area (Å²) in [5, 5.41) is 3.03. The molecule has 2 aliphatic rings. The van der Waals surface area contributed by atoms with Crippen LogP contribution in [0, 0.1) is 11.7 Å². The Kier molecular flexibility index (Phi) is 3.86. The maximum absolute atomic E-state index is 13.6. The van der Waals surface area contributed by atoms with E-state index in [4.69, 9.17) is 0 Å². The van der Waals surface area contributed by atoms with Crippen molar-refractivity contribution in [2.45, 2.75) is 31.7 Å². The summed E-state index contributed by atoms with van der Waals surface area (Å²) in [5.41, 5.74) is 0.0606. The number of nitrogens with one attached hydrogen (secondary N) is 1. The number of likely N-dealkylation sites (tertiary alicyclic amines) is 1. The molecule has 0 radical (unpaired) electrons. The molecule has 6 heteroatoms. The number of hydrogen-bond acceptors (Lipinski definition) is 3. The van der Waals surface area contributed by atoms with Crippen molar-refractivity contribution in [2.75, 3.05) is 13.1 Å². The summed E-state index contributed by atoms with van der Waals surface area (Å²) in [5.74, 6) is -0.552. The molecule has 2 amide bonds. The van der Waals surface area contributed by atoms with Gasteiger partial charge in [-0.25, -0.2) is 4.39 Å². The van der Waals surface area contributed by atoms with E-state index >= 15 is 0 Å². The van der Waals surface area contributed by atoms with Gasteiger partial charge in [-0.2, -0.15) is 0 Å². The highest BCUT2D eigenvalue weighted by Gasteiger charge is 2.32. The van der Waals surface area contributed by atoms with E-state index < -0.39 is 5.82 Å². The molecule has 112 valence electrons. The van der Waals surface area contributed by atoms with Crippen LogP contribution in [-0.2, 0) is 4.79 Å². The molecule has 0 bridgehead atoms. The smallest absolute Gasteiger partial charge is 0.256 e. The lowest BCUT2D eigenvalue weighted by atomic mass is 10.0. The molecule has 21 heavy (non-hydrogen) atoms. The van der Waals surface area contributed by atoms with Gasteiger partial charge in [0.2, 0.25) is 5.91 Å². The number of amides is 2. The van der Waals surface area contributed by atoms with Gasteiger partial charge in [-0.1, -0.05) is 0 Å². The Morgan fingerprint density at radius 2 is 1.95 bits per heavy atom. The van der Waals surface area contributed by atoms with E-state index in [0.717, 1.165) is 31.9 Å². The first-order chi connectivity index (χ1) is 10.1. The summed E-state index contributed by atoms with van der Waals surface area (Å²) < 4.78 is 13.6. The number of carbonyl (C=O) groups is 2. The molecular formula is C15H18FN3O2. The Morgan fingerprint density at radius 3 is 2.57 bits per heavy atom. The molecule has 1 aliphatic carbocycles. The fourth-order valence-electron chi connectivity index (χ4n) is 2.61. The topological polar surface area (TPSA) is 62.3 Å². The molecule has 2 fully saturated rings. The van der Waals surface area contributed by atoms with Gasteiger partial charge in [-0.3, -0.25) is 14.6 Å². The zero-order chi connectivity index (χ0) is 14.8. The lowest BCUT2D eigenvalue weighted by molar-refractivity contribution is -0.123. The summed E-state index contributed by atoms with van der Waals surface area (Å²) in [6.07, 6.45) is 5.89. The molecule has 5 nitrogen and oxygen atoms in total. The SMILES string of the molecule is O=C(NC1CCN(C(=O)c2ccncc2F)CC1)C1CC1. The third-order valence-electron chi connectivity index (χ3n) is 4.08. The van der Waals surface area contributed by atoms with Crippen LogP contribution < -0.4 is 5.32 Å². The maximum Gasteiger partial charge on any atom is 0.256 e. The largest absolute Gasteiger partial charge is 0.353 e. The van der Waals surface area contributed by atoms with Gasteiger partial charge in [-0.05, 0) is 31.7 Å². The Hall–Kier alpha value is -1.98. The molecule has 1 N–H and O–H groups in total. The third-order valence-corrected chi connectivity index (χ3v) is 4.08. The van der Waals surface area contributed by atoms with E-state index in [1.807, 2.05) is 0 Å². The minimum atomic E-state index is -0.591. The van der Waals surface area contributed by atoms with E-state index in [1.54, 1.807) is 4.90 Å². The van der Waals surface area contributed by atoms with Gasteiger partial charge in [0.05, 0.1) is 11.8 Å². The number of nitrogens with zero attached hydrogens (tertiary/aromatic N) is 2. The van der Waals surface area contributed by atoms with Gasteiger partial charge in [0.25, 0.3) is 5.91 Å². The van der Waals surface area contributed by atoms with Crippen molar-refractivity contribution in [3.05, 3.63) is 29.8 Å². The molecule has 1 saturated carbocycles. The van der Waals surface area contributed by atoms with Crippen LogP contribution in [0.25, 0.3) is 0 Å². The lowest BCUT2D eigenvalue weighted by Gasteiger charge is -2.32. The van der Waals surface area contributed by atoms with Crippen molar-refractivity contribution < 1.29 is 14.0 Å². The molecule has 0 unspecified atom stereocenters. The number of halogens is 1. The first-order valence-electron chi connectivity index (χ1n) is 7.34. The van der Waals surface area contributed by atoms with E-state index in [1.165, 1.54) is 12.3 Å². The summed E-state index contributed by atoms with van der Waals surface area (Å²) >= 11 is 0. The molecule has 1 aromatic rings. The highest BCUT2D eigenvalue weighted by Crippen LogP contribution is 2.29. The van der Waals surface area contributed by atoms with Gasteiger partial charge in [0.1, 0.15) is 0 Å². The summed E-state index contributed by atoms with van der Waals surface area (Å²) in [6, 6.07) is 1.53. The number of hydrogen-bond donors (Lipinski definition) is 1. The molecule has 1 saturated heterocycles. The number of carbonyl (C=O) groups excluding carboxylic acids is 2. The Labute approximate surface area is 122 Å². The Bertz CT molecular complexity index is 552. The minimum absolute atomic E-state index is 0.0606. The van der Waals surface area contributed by atoms with Crippen molar-refractivity contribution in [2.24, 2.45) is 5.92 Å². The predicted molar refractivity (Wildman–Crippen MR) is 74.0 cm³/mol. The van der Waals surface area contributed by atoms with Crippen LogP contribution in [0.1, 0.15) is 36.0 Å². The Morgan fingerprint density at radius 1 is 1.24 bits per heavy atom. The van der Waals surface area contributed by atoms with Crippen LogP contribution in [-0.4, -0.2) is 40.8 Å². The van der Waals surface area contributed by atoms with Gasteiger partial charge in [-0.15, -0.1) is 0 Å². The lowest BCUT2D eigenvalue weighted by Crippen LogP contribution is -2.47. The first kappa shape index (κ1) is 14.0. The zero-order valence-electron chi connectivity index (χ0n) is 11.7. The summed E-state index contributed by atoms with van der Waals surface area (Å²) in [6.45, 7) is 1.08. The molecular weight excluding hydrogens is 273 g/mol. The molecule has 0 atom stereocenters. The van der Waals surface area contributed by atoms with Crippen LogP contribution in [0.5, 0.6) is 0 Å². The van der Waals surface area contributed by atoms with Crippen LogP contribution in [0.3, 0.4) is 0 Å². The van der Waals surface area contributed by atoms with E-state index in [9.17, 15) is 14.0 Å². The second-order valence-electron chi connectivity index (χ2n) is 5.70. The van der Waals surface area contributed by atoms with Crippen molar-refractivity contribution >= 4 is 11.8 Å². The second kappa shape index (κ2) is 5.79. The average Bonchev–Trinajstić information content (AvgIpc) is 3.32. The highest BCUT2D eigenvalue weighted by molar-refractivity contribution is 5.94. The summed E-state index contributed by atoms with van der Waals surface area (Å²) in [4.78, 5) is 29.2. The first-order valence-corrected chi connectivity index (χ1v) is 7.34. The monoisotopic (exact) mass is 291 g/mol. The van der Waals surface area contributed by atoms with Gasteiger partial charge in [0.15, 0.2) is 5.82 Å². The van der Waals surface area contributed by atoms with Gasteiger partial charge >= 0.3 is 0 Å². The molecule has 0 aromatic carbocycles. The standard InChI is InChI=1S/C15H18FN3O2/c16-13-9-17-6-3-12(13)15(21)19-7-4-11(5-8-19)18-14(20)10-1-2-10/h3,6,9-11H,1-2,4-5,7-8H2,(H,18,20). The van der Waals surface area contributed by atoms with E-state index in [0.29, 0.717) is 13.1 Å². The van der Waals surface area contributed by atoms with Crippen LogP contribution in [0.4, 0.5) is 4.39 Å². The molecule has 3 rings (SSSR count). The number of pyridine rings is 1. The number of aromatic nitrogens is 1. The summed E-state index contributed by atoms with van der Waals surface area (Å²) in [7, 11) is 0.